The minimum atomic E-state index is -0.0846. The first-order chi connectivity index (χ1) is 9.16. The van der Waals surface area contributed by atoms with Crippen LogP contribution in [-0.4, -0.2) is 9.55 Å². The average molecular weight is 271 g/mol. The first-order valence-corrected chi connectivity index (χ1v) is 6.28. The van der Waals surface area contributed by atoms with Gasteiger partial charge >= 0.3 is 0 Å². The summed E-state index contributed by atoms with van der Waals surface area (Å²) in [4.78, 5) is 16.2. The van der Waals surface area contributed by atoms with Gasteiger partial charge in [-0.2, -0.15) is 0 Å². The molecule has 0 saturated carbocycles. The molecule has 4 heteroatoms. The Bertz CT molecular complexity index is 806. The number of rotatable bonds is 1. The molecule has 2 aromatic heterocycles. The zero-order valence-corrected chi connectivity index (χ0v) is 11.1. The van der Waals surface area contributed by atoms with Gasteiger partial charge in [-0.25, -0.2) is 4.98 Å². The van der Waals surface area contributed by atoms with Crippen molar-refractivity contribution in [1.29, 1.82) is 0 Å². The number of aryl methyl sites for hydroxylation is 1. The highest BCUT2D eigenvalue weighted by Gasteiger charge is 2.07. The summed E-state index contributed by atoms with van der Waals surface area (Å²) in [5.41, 5.74) is 2.65. The summed E-state index contributed by atoms with van der Waals surface area (Å²) < 4.78 is 1.64. The molecule has 1 aromatic carbocycles. The van der Waals surface area contributed by atoms with Crippen LogP contribution in [0.2, 0.25) is 5.15 Å². The number of halogens is 1. The van der Waals surface area contributed by atoms with Crippen molar-refractivity contribution < 1.29 is 0 Å². The molecule has 0 spiro atoms. The predicted octanol–water partition coefficient (Wildman–Crippen LogP) is 3.35. The number of nitrogens with zero attached hydrogens (tertiary/aromatic N) is 2. The molecule has 3 rings (SSSR count). The lowest BCUT2D eigenvalue weighted by atomic mass is 10.2. The van der Waals surface area contributed by atoms with E-state index in [1.807, 2.05) is 31.2 Å². The molecule has 0 aliphatic carbocycles. The summed E-state index contributed by atoms with van der Waals surface area (Å²) in [6.45, 7) is 2.01. The molecule has 19 heavy (non-hydrogen) atoms. The van der Waals surface area contributed by atoms with Gasteiger partial charge in [0.2, 0.25) is 0 Å². The SMILES string of the molecule is Cc1ccc(-n2c(=O)ccc3c(Cl)nccc32)cc1. The average Bonchev–Trinajstić information content (AvgIpc) is 2.40. The summed E-state index contributed by atoms with van der Waals surface area (Å²) in [7, 11) is 0. The van der Waals surface area contributed by atoms with Gasteiger partial charge < -0.3 is 0 Å². The molecular formula is C15H11ClN2O. The van der Waals surface area contributed by atoms with Crippen LogP contribution < -0.4 is 5.56 Å². The molecule has 0 aliphatic heterocycles. The van der Waals surface area contributed by atoms with Gasteiger partial charge in [-0.1, -0.05) is 29.3 Å². The number of aromatic nitrogens is 2. The Kier molecular flexibility index (Phi) is 2.84. The standard InChI is InChI=1S/C15H11ClN2O/c1-10-2-4-11(5-3-10)18-13-8-9-17-15(16)12(13)6-7-14(18)19/h2-9H,1H3. The Hall–Kier alpha value is -2.13. The number of hydrogen-bond donors (Lipinski definition) is 0. The van der Waals surface area contributed by atoms with Crippen molar-refractivity contribution in [2.75, 3.05) is 0 Å². The Morgan fingerprint density at radius 3 is 2.53 bits per heavy atom. The van der Waals surface area contributed by atoms with E-state index >= 15 is 0 Å². The Labute approximate surface area is 115 Å². The molecule has 0 saturated heterocycles. The van der Waals surface area contributed by atoms with Gasteiger partial charge in [0.15, 0.2) is 0 Å². The number of benzene rings is 1. The van der Waals surface area contributed by atoms with Gasteiger partial charge in [0.1, 0.15) is 5.15 Å². The van der Waals surface area contributed by atoms with Crippen LogP contribution in [0.5, 0.6) is 0 Å². The van der Waals surface area contributed by atoms with E-state index in [9.17, 15) is 4.79 Å². The second-order valence-electron chi connectivity index (χ2n) is 4.38. The van der Waals surface area contributed by atoms with E-state index in [4.69, 9.17) is 11.6 Å². The molecule has 0 atom stereocenters. The summed E-state index contributed by atoms with van der Waals surface area (Å²) in [6, 6.07) is 12.8. The van der Waals surface area contributed by atoms with Crippen LogP contribution in [0.1, 0.15) is 5.56 Å². The summed E-state index contributed by atoms with van der Waals surface area (Å²) in [5.74, 6) is 0. The van der Waals surface area contributed by atoms with E-state index in [2.05, 4.69) is 4.98 Å². The highest BCUT2D eigenvalue weighted by molar-refractivity contribution is 6.34. The van der Waals surface area contributed by atoms with E-state index < -0.39 is 0 Å². The third kappa shape index (κ3) is 2.02. The minimum Gasteiger partial charge on any atom is -0.277 e. The van der Waals surface area contributed by atoms with E-state index in [0.717, 1.165) is 22.2 Å². The van der Waals surface area contributed by atoms with Crippen LogP contribution >= 0.6 is 11.6 Å². The molecule has 0 radical (unpaired) electrons. The zero-order valence-electron chi connectivity index (χ0n) is 10.3. The van der Waals surface area contributed by atoms with Gasteiger partial charge in [-0.05, 0) is 31.2 Å². The monoisotopic (exact) mass is 270 g/mol. The van der Waals surface area contributed by atoms with Gasteiger partial charge in [-0.3, -0.25) is 9.36 Å². The molecule has 0 aliphatic rings. The van der Waals surface area contributed by atoms with Gasteiger partial charge in [0.05, 0.1) is 5.52 Å². The van der Waals surface area contributed by atoms with Crippen molar-refractivity contribution in [2.45, 2.75) is 6.92 Å². The highest BCUT2D eigenvalue weighted by atomic mass is 35.5. The summed E-state index contributed by atoms with van der Waals surface area (Å²) in [5, 5.41) is 1.17. The molecule has 94 valence electrons. The topological polar surface area (TPSA) is 34.9 Å². The van der Waals surface area contributed by atoms with E-state index in [1.54, 1.807) is 22.9 Å². The van der Waals surface area contributed by atoms with Crippen LogP contribution in [0, 0.1) is 6.92 Å². The second kappa shape index (κ2) is 4.52. The maximum atomic E-state index is 12.1. The largest absolute Gasteiger partial charge is 0.277 e. The fraction of sp³-hybridized carbons (Fsp3) is 0.0667. The molecule has 0 amide bonds. The quantitative estimate of drug-likeness (QED) is 0.636. The van der Waals surface area contributed by atoms with Crippen LogP contribution in [0.4, 0.5) is 0 Å². The van der Waals surface area contributed by atoms with Crippen LogP contribution in [0.25, 0.3) is 16.6 Å². The molecule has 0 unspecified atom stereocenters. The third-order valence-electron chi connectivity index (χ3n) is 3.06. The smallest absolute Gasteiger partial charge is 0.255 e. The van der Waals surface area contributed by atoms with Crippen molar-refractivity contribution in [3.8, 4) is 5.69 Å². The summed E-state index contributed by atoms with van der Waals surface area (Å²) in [6.07, 6.45) is 1.61. The Balaban J connectivity index is 2.40. The van der Waals surface area contributed by atoms with Gasteiger partial charge in [0.25, 0.3) is 5.56 Å². The molecule has 3 nitrogen and oxygen atoms in total. The number of fused-ring (bicyclic) bond motifs is 1. The van der Waals surface area contributed by atoms with E-state index in [1.165, 1.54) is 6.07 Å². The molecule has 0 bridgehead atoms. The Morgan fingerprint density at radius 1 is 1.05 bits per heavy atom. The number of hydrogen-bond acceptors (Lipinski definition) is 2. The van der Waals surface area contributed by atoms with Crippen LogP contribution in [0.3, 0.4) is 0 Å². The first kappa shape index (κ1) is 11.9. The predicted molar refractivity (Wildman–Crippen MR) is 77.1 cm³/mol. The zero-order chi connectivity index (χ0) is 13.4. The lowest BCUT2D eigenvalue weighted by Crippen LogP contribution is -2.17. The van der Waals surface area contributed by atoms with Crippen molar-refractivity contribution in [2.24, 2.45) is 0 Å². The van der Waals surface area contributed by atoms with E-state index in [0.29, 0.717) is 5.15 Å². The highest BCUT2D eigenvalue weighted by Crippen LogP contribution is 2.21. The Morgan fingerprint density at radius 2 is 1.79 bits per heavy atom. The fourth-order valence-electron chi connectivity index (χ4n) is 2.10. The van der Waals surface area contributed by atoms with Crippen molar-refractivity contribution in [1.82, 2.24) is 9.55 Å². The third-order valence-corrected chi connectivity index (χ3v) is 3.37. The fourth-order valence-corrected chi connectivity index (χ4v) is 2.31. The normalized spacial score (nSPS) is 10.8. The molecular weight excluding hydrogens is 260 g/mol. The van der Waals surface area contributed by atoms with E-state index in [-0.39, 0.29) is 5.56 Å². The van der Waals surface area contributed by atoms with Gasteiger partial charge in [0, 0.05) is 23.3 Å². The molecule has 3 aromatic rings. The van der Waals surface area contributed by atoms with Crippen LogP contribution in [0.15, 0.2) is 53.5 Å². The van der Waals surface area contributed by atoms with Crippen LogP contribution in [-0.2, 0) is 0 Å². The van der Waals surface area contributed by atoms with Crippen molar-refractivity contribution in [3.05, 3.63) is 69.7 Å². The second-order valence-corrected chi connectivity index (χ2v) is 4.74. The molecule has 2 heterocycles. The molecule has 0 fully saturated rings. The molecule has 0 N–H and O–H groups in total. The van der Waals surface area contributed by atoms with Crippen molar-refractivity contribution in [3.63, 3.8) is 0 Å². The first-order valence-electron chi connectivity index (χ1n) is 5.90. The maximum absolute atomic E-state index is 12.1. The number of pyridine rings is 2. The minimum absolute atomic E-state index is 0.0846. The van der Waals surface area contributed by atoms with Gasteiger partial charge in [-0.15, -0.1) is 0 Å². The van der Waals surface area contributed by atoms with Crippen molar-refractivity contribution >= 4 is 22.5 Å². The lowest BCUT2D eigenvalue weighted by molar-refractivity contribution is 1.04. The maximum Gasteiger partial charge on any atom is 0.255 e. The lowest BCUT2D eigenvalue weighted by Gasteiger charge is -2.10. The summed E-state index contributed by atoms with van der Waals surface area (Å²) >= 11 is 6.07.